The maximum absolute atomic E-state index is 11.5. The Morgan fingerprint density at radius 2 is 1.96 bits per heavy atom. The molecule has 0 bridgehead atoms. The van der Waals surface area contributed by atoms with Crippen molar-refractivity contribution < 1.29 is 9.53 Å². The van der Waals surface area contributed by atoms with Crippen LogP contribution in [-0.4, -0.2) is 12.6 Å². The van der Waals surface area contributed by atoms with Crippen molar-refractivity contribution in [3.8, 4) is 0 Å². The third-order valence-electron chi connectivity index (χ3n) is 4.46. The van der Waals surface area contributed by atoms with Crippen LogP contribution >= 0.6 is 0 Å². The molecule has 0 aromatic rings. The van der Waals surface area contributed by atoms with E-state index in [1.54, 1.807) is 6.08 Å². The van der Waals surface area contributed by atoms with Gasteiger partial charge in [0.15, 0.2) is 0 Å². The molecule has 2 nitrogen and oxygen atoms in total. The van der Waals surface area contributed by atoms with E-state index < -0.39 is 0 Å². The van der Waals surface area contributed by atoms with Crippen molar-refractivity contribution in [3.05, 3.63) is 71.4 Å². The molecule has 0 amide bonds. The van der Waals surface area contributed by atoms with Crippen LogP contribution < -0.4 is 0 Å². The van der Waals surface area contributed by atoms with Gasteiger partial charge in [-0.1, -0.05) is 68.0 Å². The first-order valence-corrected chi connectivity index (χ1v) is 8.95. The minimum absolute atomic E-state index is 0.238. The van der Waals surface area contributed by atoms with E-state index >= 15 is 0 Å². The average Bonchev–Trinajstić information content (AvgIpc) is 2.51. The van der Waals surface area contributed by atoms with Crippen molar-refractivity contribution in [1.29, 1.82) is 0 Å². The summed E-state index contributed by atoms with van der Waals surface area (Å²) < 4.78 is 4.93. The van der Waals surface area contributed by atoms with E-state index in [-0.39, 0.29) is 18.0 Å². The van der Waals surface area contributed by atoms with E-state index in [1.165, 1.54) is 42.1 Å². The Hall–Kier alpha value is -2.09. The van der Waals surface area contributed by atoms with Crippen LogP contribution in [0.15, 0.2) is 71.4 Å². The highest BCUT2D eigenvalue weighted by Crippen LogP contribution is 2.40. The molecule has 0 heterocycles. The van der Waals surface area contributed by atoms with E-state index in [9.17, 15) is 4.79 Å². The highest BCUT2D eigenvalue weighted by molar-refractivity contribution is 5.83. The maximum atomic E-state index is 11.5. The van der Waals surface area contributed by atoms with Crippen molar-refractivity contribution in [2.24, 2.45) is 5.41 Å². The number of carbonyl (C=O) groups excluding carboxylic acids is 1. The zero-order valence-electron chi connectivity index (χ0n) is 16.4. The first-order valence-electron chi connectivity index (χ1n) is 8.95. The summed E-state index contributed by atoms with van der Waals surface area (Å²) in [5.41, 5.74) is 5.28. The monoisotopic (exact) mass is 340 g/mol. The topological polar surface area (TPSA) is 26.3 Å². The van der Waals surface area contributed by atoms with Gasteiger partial charge in [0.1, 0.15) is 6.61 Å². The smallest absolute Gasteiger partial charge is 0.331 e. The Bertz CT molecular complexity index is 637. The van der Waals surface area contributed by atoms with Crippen LogP contribution in [0, 0.1) is 5.41 Å². The number of ether oxygens (including phenoxy) is 1. The summed E-state index contributed by atoms with van der Waals surface area (Å²) in [6, 6.07) is 0. The Morgan fingerprint density at radius 3 is 2.60 bits per heavy atom. The van der Waals surface area contributed by atoms with E-state index in [0.717, 1.165) is 5.57 Å². The summed E-state index contributed by atoms with van der Waals surface area (Å²) in [5.74, 6) is -0.343. The third-order valence-corrected chi connectivity index (χ3v) is 4.46. The van der Waals surface area contributed by atoms with Gasteiger partial charge in [0.05, 0.1) is 0 Å². The highest BCUT2D eigenvalue weighted by Gasteiger charge is 2.26. The van der Waals surface area contributed by atoms with Gasteiger partial charge in [0, 0.05) is 6.08 Å². The molecule has 2 heteroatoms. The van der Waals surface area contributed by atoms with E-state index in [1.807, 2.05) is 19.1 Å². The standard InChI is InChI=1S/C23H32O2/c1-7-16-25-22(24)17-19(3)11-8-10-18(2)13-14-21-20(4)12-9-15-23(21,5)6/h7-8,10-11,13-14,17H,1,9,12,15-16H2,2-6H3. The lowest BCUT2D eigenvalue weighted by Gasteiger charge is -2.32. The predicted octanol–water partition coefficient (Wildman–Crippen LogP) is 6.25. The molecule has 0 fully saturated rings. The van der Waals surface area contributed by atoms with Crippen LogP contribution in [0.4, 0.5) is 0 Å². The van der Waals surface area contributed by atoms with Crippen LogP contribution in [0.1, 0.15) is 53.9 Å². The van der Waals surface area contributed by atoms with Crippen molar-refractivity contribution in [2.75, 3.05) is 6.61 Å². The predicted molar refractivity (Wildman–Crippen MR) is 107 cm³/mol. The number of hydrogen-bond acceptors (Lipinski definition) is 2. The first-order chi connectivity index (χ1) is 11.8. The second-order valence-corrected chi connectivity index (χ2v) is 7.34. The molecule has 0 saturated heterocycles. The zero-order valence-corrected chi connectivity index (χ0v) is 16.4. The molecule has 0 N–H and O–H groups in total. The Labute approximate surface area is 153 Å². The molecule has 0 unspecified atom stereocenters. The van der Waals surface area contributed by atoms with Crippen LogP contribution in [0.5, 0.6) is 0 Å². The zero-order chi connectivity index (χ0) is 18.9. The van der Waals surface area contributed by atoms with E-state index in [2.05, 4.69) is 52.5 Å². The summed E-state index contributed by atoms with van der Waals surface area (Å²) >= 11 is 0. The minimum Gasteiger partial charge on any atom is -0.458 e. The van der Waals surface area contributed by atoms with Gasteiger partial charge < -0.3 is 4.74 Å². The quantitative estimate of drug-likeness (QED) is 0.237. The molecule has 0 atom stereocenters. The second-order valence-electron chi connectivity index (χ2n) is 7.34. The van der Waals surface area contributed by atoms with Gasteiger partial charge >= 0.3 is 5.97 Å². The van der Waals surface area contributed by atoms with Gasteiger partial charge in [-0.05, 0) is 56.6 Å². The van der Waals surface area contributed by atoms with Crippen LogP contribution in [0.3, 0.4) is 0 Å². The lowest BCUT2D eigenvalue weighted by molar-refractivity contribution is -0.136. The Morgan fingerprint density at radius 1 is 1.24 bits per heavy atom. The minimum atomic E-state index is -0.343. The number of hydrogen-bond donors (Lipinski definition) is 0. The van der Waals surface area contributed by atoms with Gasteiger partial charge in [-0.2, -0.15) is 0 Å². The van der Waals surface area contributed by atoms with E-state index in [0.29, 0.717) is 0 Å². The molecular weight excluding hydrogens is 308 g/mol. The van der Waals surface area contributed by atoms with Gasteiger partial charge in [-0.25, -0.2) is 4.79 Å². The highest BCUT2D eigenvalue weighted by atomic mass is 16.5. The first kappa shape index (κ1) is 21.0. The summed E-state index contributed by atoms with van der Waals surface area (Å²) in [6.07, 6.45) is 17.1. The Balaban J connectivity index is 2.71. The molecule has 25 heavy (non-hydrogen) atoms. The molecule has 0 saturated carbocycles. The number of esters is 1. The summed E-state index contributed by atoms with van der Waals surface area (Å²) in [7, 11) is 0. The van der Waals surface area contributed by atoms with Crippen LogP contribution in [0.25, 0.3) is 0 Å². The van der Waals surface area contributed by atoms with Crippen LogP contribution in [-0.2, 0) is 9.53 Å². The molecule has 1 rings (SSSR count). The molecule has 0 aliphatic heterocycles. The number of rotatable bonds is 7. The fourth-order valence-electron chi connectivity index (χ4n) is 3.05. The largest absolute Gasteiger partial charge is 0.458 e. The van der Waals surface area contributed by atoms with Crippen molar-refractivity contribution in [3.63, 3.8) is 0 Å². The Kier molecular flexibility index (Phi) is 8.40. The third kappa shape index (κ3) is 7.55. The fraction of sp³-hybridized carbons (Fsp3) is 0.435. The molecule has 0 aromatic carbocycles. The summed E-state index contributed by atoms with van der Waals surface area (Å²) in [4.78, 5) is 11.5. The molecular formula is C23H32O2. The molecule has 136 valence electrons. The van der Waals surface area contributed by atoms with Gasteiger partial charge in [0.25, 0.3) is 0 Å². The molecule has 0 aromatic heterocycles. The molecule has 1 aliphatic carbocycles. The normalized spacial score (nSPS) is 18.9. The van der Waals surface area contributed by atoms with Gasteiger partial charge in [-0.15, -0.1) is 0 Å². The lowest BCUT2D eigenvalue weighted by atomic mass is 9.72. The SMILES string of the molecule is C=CCOC(=O)C=C(C)C=CC=C(C)C=CC1=C(C)CCCC1(C)C. The van der Waals surface area contributed by atoms with Crippen molar-refractivity contribution in [1.82, 2.24) is 0 Å². The fourth-order valence-corrected chi connectivity index (χ4v) is 3.05. The number of carbonyl (C=O) groups is 1. The number of allylic oxidation sites excluding steroid dienone is 9. The molecule has 1 aliphatic rings. The lowest BCUT2D eigenvalue weighted by Crippen LogP contribution is -2.19. The van der Waals surface area contributed by atoms with E-state index in [4.69, 9.17) is 4.74 Å². The van der Waals surface area contributed by atoms with Crippen molar-refractivity contribution in [2.45, 2.75) is 53.9 Å². The maximum Gasteiger partial charge on any atom is 0.331 e. The summed E-state index contributed by atoms with van der Waals surface area (Å²) in [5, 5.41) is 0. The van der Waals surface area contributed by atoms with Gasteiger partial charge in [-0.3, -0.25) is 0 Å². The summed E-state index contributed by atoms with van der Waals surface area (Å²) in [6.45, 7) is 14.6. The second kappa shape index (κ2) is 10.0. The van der Waals surface area contributed by atoms with Crippen molar-refractivity contribution >= 4 is 5.97 Å². The van der Waals surface area contributed by atoms with Gasteiger partial charge in [0.2, 0.25) is 0 Å². The molecule has 0 spiro atoms. The molecule has 0 radical (unpaired) electrons. The van der Waals surface area contributed by atoms with Crippen LogP contribution in [0.2, 0.25) is 0 Å². The average molecular weight is 341 g/mol.